The van der Waals surface area contributed by atoms with E-state index in [9.17, 15) is 0 Å². The van der Waals surface area contributed by atoms with Crippen LogP contribution in [0.1, 0.15) is 33.6 Å². The molecule has 15 heavy (non-hydrogen) atoms. The van der Waals surface area contributed by atoms with Crippen LogP contribution in [0.15, 0.2) is 4.99 Å². The summed E-state index contributed by atoms with van der Waals surface area (Å²) in [6.45, 7) is 7.27. The Labute approximate surface area is 97.1 Å². The number of aliphatic imine (C=N–C) groups is 1. The molecule has 0 aromatic carbocycles. The number of hydrogen-bond donors (Lipinski definition) is 1. The Kier molecular flexibility index (Phi) is 4.93. The van der Waals surface area contributed by atoms with E-state index < -0.39 is 0 Å². The summed E-state index contributed by atoms with van der Waals surface area (Å²) in [5.74, 6) is 1.16. The van der Waals surface area contributed by atoms with Gasteiger partial charge in [-0.2, -0.15) is 0 Å². The molecule has 1 heterocycles. The summed E-state index contributed by atoms with van der Waals surface area (Å²) in [6.07, 6.45) is 2.56. The highest BCUT2D eigenvalue weighted by Gasteiger charge is 2.27. The molecule has 4 heteroatoms. The van der Waals surface area contributed by atoms with E-state index in [4.69, 9.17) is 4.74 Å². The Bertz CT molecular complexity index is 233. The van der Waals surface area contributed by atoms with Crippen molar-refractivity contribution < 1.29 is 4.74 Å². The highest BCUT2D eigenvalue weighted by Crippen LogP contribution is 2.24. The number of ether oxygens (including phenoxy) is 1. The number of thioether (sulfide) groups is 1. The van der Waals surface area contributed by atoms with Gasteiger partial charge in [-0.25, -0.2) is 0 Å². The van der Waals surface area contributed by atoms with Crippen LogP contribution in [0.25, 0.3) is 0 Å². The second-order valence-corrected chi connectivity index (χ2v) is 5.41. The van der Waals surface area contributed by atoms with E-state index >= 15 is 0 Å². The molecule has 0 aliphatic carbocycles. The van der Waals surface area contributed by atoms with Crippen molar-refractivity contribution in [3.05, 3.63) is 0 Å². The smallest absolute Gasteiger partial charge is 0.157 e. The fraction of sp³-hybridized carbons (Fsp3) is 0.909. The first kappa shape index (κ1) is 12.8. The average molecular weight is 230 g/mol. The lowest BCUT2D eigenvalue weighted by Crippen LogP contribution is -2.48. The lowest BCUT2D eigenvalue weighted by Gasteiger charge is -2.35. The second kappa shape index (κ2) is 5.75. The summed E-state index contributed by atoms with van der Waals surface area (Å²) in [4.78, 5) is 4.54. The molecule has 1 N–H and O–H groups in total. The third-order valence-corrected chi connectivity index (χ3v) is 3.89. The zero-order valence-corrected chi connectivity index (χ0v) is 11.0. The van der Waals surface area contributed by atoms with Gasteiger partial charge in [0.15, 0.2) is 5.17 Å². The monoisotopic (exact) mass is 230 g/mol. The van der Waals surface area contributed by atoms with Gasteiger partial charge in [-0.1, -0.05) is 18.7 Å². The molecular weight excluding hydrogens is 208 g/mol. The van der Waals surface area contributed by atoms with Gasteiger partial charge in [0, 0.05) is 18.4 Å². The maximum Gasteiger partial charge on any atom is 0.157 e. The second-order valence-electron chi connectivity index (χ2n) is 4.33. The van der Waals surface area contributed by atoms with E-state index in [-0.39, 0.29) is 11.6 Å². The molecule has 3 nitrogen and oxygen atoms in total. The zero-order valence-electron chi connectivity index (χ0n) is 10.2. The third-order valence-electron chi connectivity index (χ3n) is 2.98. The van der Waals surface area contributed by atoms with Crippen LogP contribution in [0, 0.1) is 0 Å². The first-order chi connectivity index (χ1) is 7.09. The fourth-order valence-electron chi connectivity index (χ4n) is 1.37. The number of nitrogens with one attached hydrogen (secondary N) is 1. The van der Waals surface area contributed by atoms with E-state index in [1.165, 1.54) is 6.42 Å². The maximum absolute atomic E-state index is 5.18. The van der Waals surface area contributed by atoms with Crippen LogP contribution in [0.2, 0.25) is 0 Å². The third kappa shape index (κ3) is 4.03. The van der Waals surface area contributed by atoms with Crippen LogP contribution in [-0.4, -0.2) is 36.2 Å². The summed E-state index contributed by atoms with van der Waals surface area (Å²) in [6, 6.07) is 0. The minimum absolute atomic E-state index is 0.203. The highest BCUT2D eigenvalue weighted by atomic mass is 32.2. The topological polar surface area (TPSA) is 33.6 Å². The Hall–Kier alpha value is -0.220. The lowest BCUT2D eigenvalue weighted by molar-refractivity contribution is 0.125. The van der Waals surface area contributed by atoms with Gasteiger partial charge in [0.1, 0.15) is 0 Å². The number of nitrogens with zero attached hydrogens (tertiary/aromatic N) is 1. The van der Waals surface area contributed by atoms with Crippen molar-refractivity contribution in [3.63, 3.8) is 0 Å². The first-order valence-corrected chi connectivity index (χ1v) is 6.56. The Balaban J connectivity index is 2.48. The molecule has 0 amide bonds. The lowest BCUT2D eigenvalue weighted by atomic mass is 9.96. The summed E-state index contributed by atoms with van der Waals surface area (Å²) in [5.41, 5.74) is 0.237. The molecule has 1 aliphatic heterocycles. The van der Waals surface area contributed by atoms with E-state index in [1.54, 1.807) is 7.11 Å². The summed E-state index contributed by atoms with van der Waals surface area (Å²) < 4.78 is 5.18. The highest BCUT2D eigenvalue weighted by molar-refractivity contribution is 8.13. The molecule has 1 rings (SSSR count). The summed E-state index contributed by atoms with van der Waals surface area (Å²) >= 11 is 1.82. The van der Waals surface area contributed by atoms with Gasteiger partial charge in [0.2, 0.25) is 0 Å². The zero-order chi connectivity index (χ0) is 11.3. The molecule has 0 aromatic rings. The molecule has 0 aromatic heterocycles. The van der Waals surface area contributed by atoms with Crippen molar-refractivity contribution in [1.29, 1.82) is 0 Å². The van der Waals surface area contributed by atoms with E-state index in [0.717, 1.165) is 23.9 Å². The van der Waals surface area contributed by atoms with Crippen LogP contribution in [-0.2, 0) is 4.74 Å². The van der Waals surface area contributed by atoms with Crippen LogP contribution in [0.5, 0.6) is 0 Å². The van der Waals surface area contributed by atoms with Crippen LogP contribution >= 0.6 is 11.8 Å². The van der Waals surface area contributed by atoms with Crippen LogP contribution < -0.4 is 5.32 Å². The number of amidine groups is 1. The standard InChI is InChI=1S/C11H22N2OS/c1-5-11(3)6-7-15-10(13-11)12-8-9(2)14-4/h9H,5-8H2,1-4H3,(H,12,13). The Morgan fingerprint density at radius 1 is 1.67 bits per heavy atom. The minimum atomic E-state index is 0.203. The molecular formula is C11H22N2OS. The van der Waals surface area contributed by atoms with E-state index in [2.05, 4.69) is 24.2 Å². The van der Waals surface area contributed by atoms with Crippen molar-refractivity contribution in [2.75, 3.05) is 19.4 Å². The molecule has 1 fully saturated rings. The van der Waals surface area contributed by atoms with Gasteiger partial charge in [0.05, 0.1) is 12.6 Å². The molecule has 0 bridgehead atoms. The van der Waals surface area contributed by atoms with Crippen molar-refractivity contribution >= 4 is 16.9 Å². The number of rotatable bonds is 4. The van der Waals surface area contributed by atoms with Gasteiger partial charge >= 0.3 is 0 Å². The largest absolute Gasteiger partial charge is 0.380 e. The summed E-state index contributed by atoms with van der Waals surface area (Å²) in [7, 11) is 1.72. The van der Waals surface area contributed by atoms with Gasteiger partial charge in [0.25, 0.3) is 0 Å². The van der Waals surface area contributed by atoms with Gasteiger partial charge in [-0.3, -0.25) is 4.99 Å². The molecule has 0 saturated carbocycles. The Morgan fingerprint density at radius 2 is 2.40 bits per heavy atom. The fourth-order valence-corrected chi connectivity index (χ4v) is 2.60. The molecule has 2 atom stereocenters. The van der Waals surface area contributed by atoms with Gasteiger partial charge < -0.3 is 10.1 Å². The summed E-state index contributed by atoms with van der Waals surface area (Å²) in [5, 5.41) is 4.59. The van der Waals surface area contributed by atoms with Crippen molar-refractivity contribution in [1.82, 2.24) is 5.32 Å². The predicted octanol–water partition coefficient (Wildman–Crippen LogP) is 2.27. The SMILES string of the molecule is CCC1(C)CCSC(=NCC(C)OC)N1. The Morgan fingerprint density at radius 3 is 3.00 bits per heavy atom. The molecule has 2 unspecified atom stereocenters. The van der Waals surface area contributed by atoms with E-state index in [0.29, 0.717) is 0 Å². The number of methoxy groups -OCH3 is 1. The van der Waals surface area contributed by atoms with E-state index in [1.807, 2.05) is 18.7 Å². The minimum Gasteiger partial charge on any atom is -0.380 e. The van der Waals surface area contributed by atoms with Crippen LogP contribution in [0.3, 0.4) is 0 Å². The normalized spacial score (nSPS) is 31.3. The molecule has 0 spiro atoms. The van der Waals surface area contributed by atoms with Crippen molar-refractivity contribution in [2.24, 2.45) is 4.99 Å². The van der Waals surface area contributed by atoms with Gasteiger partial charge in [-0.05, 0) is 26.7 Å². The predicted molar refractivity (Wildman–Crippen MR) is 67.7 cm³/mol. The van der Waals surface area contributed by atoms with Crippen molar-refractivity contribution in [3.8, 4) is 0 Å². The molecule has 0 radical (unpaired) electrons. The quantitative estimate of drug-likeness (QED) is 0.804. The van der Waals surface area contributed by atoms with Crippen LogP contribution in [0.4, 0.5) is 0 Å². The molecule has 1 saturated heterocycles. The van der Waals surface area contributed by atoms with Gasteiger partial charge in [-0.15, -0.1) is 0 Å². The number of hydrogen-bond acceptors (Lipinski definition) is 3. The molecule has 88 valence electrons. The maximum atomic E-state index is 5.18. The molecule has 1 aliphatic rings. The first-order valence-electron chi connectivity index (χ1n) is 5.58. The average Bonchev–Trinajstić information content (AvgIpc) is 2.26. The van der Waals surface area contributed by atoms with Crippen molar-refractivity contribution in [2.45, 2.75) is 45.3 Å².